The molecule has 176 valence electrons. The van der Waals surface area contributed by atoms with Gasteiger partial charge in [0.15, 0.2) is 11.5 Å². The van der Waals surface area contributed by atoms with Crippen molar-refractivity contribution in [3.63, 3.8) is 0 Å². The van der Waals surface area contributed by atoms with Crippen molar-refractivity contribution in [1.82, 2.24) is 14.8 Å². The van der Waals surface area contributed by atoms with Crippen LogP contribution in [0.1, 0.15) is 60.4 Å². The summed E-state index contributed by atoms with van der Waals surface area (Å²) in [4.78, 5) is 41.0. The third-order valence-electron chi connectivity index (χ3n) is 6.25. The fourth-order valence-corrected chi connectivity index (χ4v) is 4.06. The van der Waals surface area contributed by atoms with E-state index < -0.39 is 11.3 Å². The van der Waals surface area contributed by atoms with Crippen LogP contribution >= 0.6 is 0 Å². The molecular formula is C25H31N3O5. The number of likely N-dealkylation sites (tertiary alicyclic amines) is 1. The molecule has 33 heavy (non-hydrogen) atoms. The molecule has 3 heterocycles. The number of benzene rings is 1. The second-order valence-corrected chi connectivity index (χ2v) is 9.14. The predicted molar refractivity (Wildman–Crippen MR) is 124 cm³/mol. The van der Waals surface area contributed by atoms with E-state index in [1.165, 1.54) is 6.20 Å². The summed E-state index contributed by atoms with van der Waals surface area (Å²) >= 11 is 0. The van der Waals surface area contributed by atoms with E-state index in [2.05, 4.69) is 12.2 Å². The van der Waals surface area contributed by atoms with Gasteiger partial charge in [-0.05, 0) is 44.7 Å². The molecule has 2 aliphatic rings. The van der Waals surface area contributed by atoms with Crippen LogP contribution in [0.2, 0.25) is 0 Å². The molecule has 1 aromatic heterocycles. The number of nitrogens with zero attached hydrogens (tertiary/aromatic N) is 2. The van der Waals surface area contributed by atoms with Crippen LogP contribution in [0.25, 0.3) is 0 Å². The first-order valence-corrected chi connectivity index (χ1v) is 11.5. The summed E-state index contributed by atoms with van der Waals surface area (Å²) in [5.74, 6) is 1.01. The van der Waals surface area contributed by atoms with E-state index in [1.54, 1.807) is 21.7 Å². The predicted octanol–water partition coefficient (Wildman–Crippen LogP) is 2.87. The van der Waals surface area contributed by atoms with Crippen molar-refractivity contribution in [3.05, 3.63) is 58.0 Å². The van der Waals surface area contributed by atoms with Crippen molar-refractivity contribution in [3.8, 4) is 11.5 Å². The Morgan fingerprint density at radius 1 is 1.09 bits per heavy atom. The highest BCUT2D eigenvalue weighted by atomic mass is 16.6. The van der Waals surface area contributed by atoms with E-state index in [-0.39, 0.29) is 35.7 Å². The Hall–Kier alpha value is -3.29. The Bertz CT molecular complexity index is 1090. The third kappa shape index (κ3) is 5.05. The van der Waals surface area contributed by atoms with Crippen molar-refractivity contribution < 1.29 is 19.1 Å². The van der Waals surface area contributed by atoms with Gasteiger partial charge in [-0.25, -0.2) is 0 Å². The molecule has 4 rings (SSSR count). The number of carbonyl (C=O) groups excluding carboxylic acids is 2. The lowest BCUT2D eigenvalue weighted by atomic mass is 9.98. The summed E-state index contributed by atoms with van der Waals surface area (Å²) in [6.07, 6.45) is 4.54. The Morgan fingerprint density at radius 3 is 2.45 bits per heavy atom. The second kappa shape index (κ2) is 9.68. The standard InChI is InChI=1S/C25H31N3O5/c1-16(2)28-13-19(23(29)20(14-28)25(31)27-10-8-17(3)9-11-27)24(30)26-12-18-15-32-21-6-4-5-7-22(21)33-18/h4-7,13-14,16-18H,8-12,15H2,1-3H3,(H,26,30). The normalized spacial score (nSPS) is 18.3. The molecule has 0 aliphatic carbocycles. The Morgan fingerprint density at radius 2 is 1.76 bits per heavy atom. The van der Waals surface area contributed by atoms with Crippen LogP contribution in [0, 0.1) is 5.92 Å². The number of carbonyl (C=O) groups is 2. The van der Waals surface area contributed by atoms with E-state index in [0.717, 1.165) is 12.8 Å². The molecule has 1 fully saturated rings. The zero-order valence-corrected chi connectivity index (χ0v) is 19.4. The van der Waals surface area contributed by atoms with E-state index in [1.807, 2.05) is 32.0 Å². The SMILES string of the molecule is CC1CCN(C(=O)c2cn(C(C)C)cc(C(=O)NCC3COc4ccccc4O3)c2=O)CC1. The molecule has 1 saturated heterocycles. The minimum Gasteiger partial charge on any atom is -0.486 e. The second-order valence-electron chi connectivity index (χ2n) is 9.14. The Labute approximate surface area is 193 Å². The van der Waals surface area contributed by atoms with E-state index in [9.17, 15) is 14.4 Å². The van der Waals surface area contributed by atoms with E-state index in [0.29, 0.717) is 37.1 Å². The first kappa shape index (κ1) is 22.9. The van der Waals surface area contributed by atoms with Crippen LogP contribution in [0.15, 0.2) is 41.5 Å². The van der Waals surface area contributed by atoms with Gasteiger partial charge in [0, 0.05) is 31.5 Å². The van der Waals surface area contributed by atoms with E-state index in [4.69, 9.17) is 9.47 Å². The highest BCUT2D eigenvalue weighted by Crippen LogP contribution is 2.30. The van der Waals surface area contributed by atoms with Crippen molar-refractivity contribution >= 4 is 11.8 Å². The van der Waals surface area contributed by atoms with Gasteiger partial charge < -0.3 is 24.3 Å². The highest BCUT2D eigenvalue weighted by molar-refractivity contribution is 5.99. The number of nitrogens with one attached hydrogen (secondary N) is 1. The van der Waals surface area contributed by atoms with E-state index >= 15 is 0 Å². The maximum atomic E-state index is 13.2. The largest absolute Gasteiger partial charge is 0.486 e. The van der Waals surface area contributed by atoms with Crippen molar-refractivity contribution in [2.24, 2.45) is 5.92 Å². The summed E-state index contributed by atoms with van der Waals surface area (Å²) in [7, 11) is 0. The Balaban J connectivity index is 1.51. The minimum atomic E-state index is -0.542. The average Bonchev–Trinajstić information content (AvgIpc) is 2.82. The number of fused-ring (bicyclic) bond motifs is 1. The fraction of sp³-hybridized carbons (Fsp3) is 0.480. The van der Waals surface area contributed by atoms with Crippen molar-refractivity contribution in [2.75, 3.05) is 26.2 Å². The number of pyridine rings is 1. The molecule has 2 aromatic rings. The topological polar surface area (TPSA) is 89.9 Å². The molecule has 1 N–H and O–H groups in total. The zero-order chi connectivity index (χ0) is 23.5. The number of amides is 2. The van der Waals surface area contributed by atoms with Gasteiger partial charge in [-0.2, -0.15) is 0 Å². The highest BCUT2D eigenvalue weighted by Gasteiger charge is 2.27. The van der Waals surface area contributed by atoms with Gasteiger partial charge in [-0.3, -0.25) is 14.4 Å². The number of ether oxygens (including phenoxy) is 2. The summed E-state index contributed by atoms with van der Waals surface area (Å²) in [5, 5.41) is 2.78. The molecule has 1 unspecified atom stereocenters. The number of para-hydroxylation sites is 2. The van der Waals surface area contributed by atoms with Crippen LogP contribution < -0.4 is 20.2 Å². The van der Waals surface area contributed by atoms with Crippen molar-refractivity contribution in [2.45, 2.75) is 45.8 Å². The first-order chi connectivity index (χ1) is 15.8. The average molecular weight is 454 g/mol. The summed E-state index contributed by atoms with van der Waals surface area (Å²) < 4.78 is 13.3. The van der Waals surface area contributed by atoms with Gasteiger partial charge in [-0.15, -0.1) is 0 Å². The molecular weight excluding hydrogens is 422 g/mol. The zero-order valence-electron chi connectivity index (χ0n) is 19.4. The van der Waals surface area contributed by atoms with Crippen LogP contribution in [0.4, 0.5) is 0 Å². The lowest BCUT2D eigenvalue weighted by Crippen LogP contribution is -2.43. The molecule has 0 radical (unpaired) electrons. The summed E-state index contributed by atoms with van der Waals surface area (Å²) in [6.45, 7) is 7.76. The molecule has 0 bridgehead atoms. The minimum absolute atomic E-state index is 0.0170. The summed E-state index contributed by atoms with van der Waals surface area (Å²) in [5.41, 5.74) is -0.548. The molecule has 8 nitrogen and oxygen atoms in total. The number of hydrogen-bond donors (Lipinski definition) is 1. The van der Waals surface area contributed by atoms with Crippen LogP contribution in [0.5, 0.6) is 11.5 Å². The quantitative estimate of drug-likeness (QED) is 0.752. The Kier molecular flexibility index (Phi) is 6.72. The first-order valence-electron chi connectivity index (χ1n) is 11.5. The molecule has 8 heteroatoms. The maximum Gasteiger partial charge on any atom is 0.259 e. The van der Waals surface area contributed by atoms with Gasteiger partial charge in [0.1, 0.15) is 23.8 Å². The fourth-order valence-electron chi connectivity index (χ4n) is 4.06. The van der Waals surface area contributed by atoms with Crippen molar-refractivity contribution in [1.29, 1.82) is 0 Å². The third-order valence-corrected chi connectivity index (χ3v) is 6.25. The number of piperidine rings is 1. The molecule has 0 saturated carbocycles. The molecule has 1 aromatic carbocycles. The molecule has 2 amide bonds. The number of hydrogen-bond acceptors (Lipinski definition) is 5. The van der Waals surface area contributed by atoms with Crippen LogP contribution in [0.3, 0.4) is 0 Å². The smallest absolute Gasteiger partial charge is 0.259 e. The molecule has 1 atom stereocenters. The molecule has 0 spiro atoms. The maximum absolute atomic E-state index is 13.2. The number of aromatic nitrogens is 1. The summed E-state index contributed by atoms with van der Waals surface area (Å²) in [6, 6.07) is 7.33. The monoisotopic (exact) mass is 453 g/mol. The van der Waals surface area contributed by atoms with Crippen LogP contribution in [-0.2, 0) is 0 Å². The van der Waals surface area contributed by atoms with Gasteiger partial charge in [0.25, 0.3) is 11.8 Å². The number of rotatable bonds is 5. The molecule has 2 aliphatic heterocycles. The lowest BCUT2D eigenvalue weighted by Gasteiger charge is -2.30. The van der Waals surface area contributed by atoms with Gasteiger partial charge in [0.2, 0.25) is 5.43 Å². The van der Waals surface area contributed by atoms with Gasteiger partial charge >= 0.3 is 0 Å². The van der Waals surface area contributed by atoms with Gasteiger partial charge in [0.05, 0.1) is 6.54 Å². The van der Waals surface area contributed by atoms with Crippen LogP contribution in [-0.4, -0.2) is 53.6 Å². The lowest BCUT2D eigenvalue weighted by molar-refractivity contribution is 0.0694. The van der Waals surface area contributed by atoms with Gasteiger partial charge in [-0.1, -0.05) is 19.1 Å².